The maximum atomic E-state index is 13.5. The van der Waals surface area contributed by atoms with Gasteiger partial charge in [0.05, 0.1) is 6.10 Å². The van der Waals surface area contributed by atoms with Crippen LogP contribution in [0.25, 0.3) is 0 Å². The molecule has 16 heavy (non-hydrogen) atoms. The summed E-state index contributed by atoms with van der Waals surface area (Å²) in [6.07, 6.45) is 2.36. The van der Waals surface area contributed by atoms with Crippen LogP contribution >= 0.6 is 0 Å². The molecule has 1 aliphatic rings. The molecule has 0 radical (unpaired) electrons. The van der Waals surface area contributed by atoms with Crippen molar-refractivity contribution in [1.82, 2.24) is 9.55 Å². The zero-order chi connectivity index (χ0) is 11.7. The molecule has 0 amide bonds. The molecule has 0 aromatic carbocycles. The number of halogens is 1. The SMILES string of the molecule is CC[C@H]1C=C(F)[C@H](n2ccc(C)nc2=O)O1. The first-order valence-electron chi connectivity index (χ1n) is 5.20. The van der Waals surface area contributed by atoms with E-state index >= 15 is 0 Å². The fourth-order valence-corrected chi connectivity index (χ4v) is 1.62. The first kappa shape index (κ1) is 11.0. The third-order valence-corrected chi connectivity index (χ3v) is 2.51. The normalized spacial score (nSPS) is 24.6. The second kappa shape index (κ2) is 4.17. The van der Waals surface area contributed by atoms with E-state index in [4.69, 9.17) is 4.74 Å². The van der Waals surface area contributed by atoms with Gasteiger partial charge in [-0.3, -0.25) is 4.57 Å². The van der Waals surface area contributed by atoms with Crippen molar-refractivity contribution in [2.45, 2.75) is 32.6 Å². The number of aromatic nitrogens is 2. The molecule has 1 aromatic heterocycles. The van der Waals surface area contributed by atoms with E-state index in [1.54, 1.807) is 13.0 Å². The molecule has 86 valence electrons. The summed E-state index contributed by atoms with van der Waals surface area (Å²) in [7, 11) is 0. The Balaban J connectivity index is 2.33. The van der Waals surface area contributed by atoms with Gasteiger partial charge in [0.25, 0.3) is 0 Å². The molecule has 0 aliphatic carbocycles. The third-order valence-electron chi connectivity index (χ3n) is 2.51. The molecular weight excluding hydrogens is 211 g/mol. The molecule has 1 aliphatic heterocycles. The zero-order valence-electron chi connectivity index (χ0n) is 9.18. The first-order valence-corrected chi connectivity index (χ1v) is 5.20. The lowest BCUT2D eigenvalue weighted by atomic mass is 10.3. The quantitative estimate of drug-likeness (QED) is 0.768. The highest BCUT2D eigenvalue weighted by Crippen LogP contribution is 2.29. The Labute approximate surface area is 92.4 Å². The summed E-state index contributed by atoms with van der Waals surface area (Å²) in [5.74, 6) is -0.431. The maximum Gasteiger partial charge on any atom is 0.350 e. The summed E-state index contributed by atoms with van der Waals surface area (Å²) in [5, 5.41) is 0. The highest BCUT2D eigenvalue weighted by molar-refractivity contribution is 5.09. The van der Waals surface area contributed by atoms with Crippen molar-refractivity contribution in [2.75, 3.05) is 0 Å². The molecule has 0 N–H and O–H groups in total. The van der Waals surface area contributed by atoms with E-state index in [0.717, 1.165) is 4.57 Å². The Morgan fingerprint density at radius 1 is 1.62 bits per heavy atom. The summed E-state index contributed by atoms with van der Waals surface area (Å²) >= 11 is 0. The smallest absolute Gasteiger partial charge is 0.344 e. The molecule has 1 aromatic rings. The molecule has 0 saturated carbocycles. The lowest BCUT2D eigenvalue weighted by Crippen LogP contribution is -2.28. The largest absolute Gasteiger partial charge is 0.350 e. The highest BCUT2D eigenvalue weighted by Gasteiger charge is 2.28. The molecular formula is C11H13FN2O2. The fraction of sp³-hybridized carbons (Fsp3) is 0.455. The van der Waals surface area contributed by atoms with E-state index in [1.807, 2.05) is 6.92 Å². The number of ether oxygens (including phenoxy) is 1. The van der Waals surface area contributed by atoms with E-state index in [2.05, 4.69) is 4.98 Å². The van der Waals surface area contributed by atoms with Crippen molar-refractivity contribution in [2.24, 2.45) is 0 Å². The van der Waals surface area contributed by atoms with Gasteiger partial charge in [-0.05, 0) is 25.5 Å². The third kappa shape index (κ3) is 1.90. The maximum absolute atomic E-state index is 13.5. The van der Waals surface area contributed by atoms with Crippen LogP contribution in [0, 0.1) is 6.92 Å². The van der Waals surface area contributed by atoms with Crippen LogP contribution in [-0.4, -0.2) is 15.7 Å². The lowest BCUT2D eigenvalue weighted by Gasteiger charge is -2.15. The molecule has 0 unspecified atom stereocenters. The molecule has 2 rings (SSSR count). The molecule has 4 nitrogen and oxygen atoms in total. The van der Waals surface area contributed by atoms with Crippen molar-refractivity contribution in [3.8, 4) is 0 Å². The van der Waals surface area contributed by atoms with Crippen molar-refractivity contribution < 1.29 is 9.13 Å². The van der Waals surface area contributed by atoms with E-state index in [0.29, 0.717) is 12.1 Å². The van der Waals surface area contributed by atoms with Crippen LogP contribution in [0.1, 0.15) is 25.3 Å². The van der Waals surface area contributed by atoms with Crippen molar-refractivity contribution >= 4 is 0 Å². The topological polar surface area (TPSA) is 44.1 Å². The molecule has 5 heteroatoms. The standard InChI is InChI=1S/C11H13FN2O2/c1-3-8-6-9(12)10(16-8)14-5-4-7(2)13-11(14)15/h4-6,8,10H,3H2,1-2H3/t8-,10+/m0/s1. The van der Waals surface area contributed by atoms with Crippen LogP contribution in [0.4, 0.5) is 4.39 Å². The van der Waals surface area contributed by atoms with Crippen LogP contribution in [0.2, 0.25) is 0 Å². The predicted octanol–water partition coefficient (Wildman–Crippen LogP) is 1.71. The van der Waals surface area contributed by atoms with Gasteiger partial charge in [0.1, 0.15) is 5.83 Å². The number of rotatable bonds is 2. The Morgan fingerprint density at radius 2 is 2.38 bits per heavy atom. The monoisotopic (exact) mass is 224 g/mol. The van der Waals surface area contributed by atoms with E-state index in [-0.39, 0.29) is 6.10 Å². The summed E-state index contributed by atoms with van der Waals surface area (Å²) in [6, 6.07) is 1.65. The van der Waals surface area contributed by atoms with E-state index in [1.165, 1.54) is 12.3 Å². The van der Waals surface area contributed by atoms with E-state index in [9.17, 15) is 9.18 Å². The molecule has 0 saturated heterocycles. The van der Waals surface area contributed by atoms with Gasteiger partial charge in [0.15, 0.2) is 6.23 Å². The predicted molar refractivity (Wildman–Crippen MR) is 56.6 cm³/mol. The number of hydrogen-bond donors (Lipinski definition) is 0. The zero-order valence-corrected chi connectivity index (χ0v) is 9.18. The first-order chi connectivity index (χ1) is 7.61. The van der Waals surface area contributed by atoms with Crippen molar-refractivity contribution in [1.29, 1.82) is 0 Å². The highest BCUT2D eigenvalue weighted by atomic mass is 19.1. The van der Waals surface area contributed by atoms with Gasteiger partial charge in [0, 0.05) is 11.9 Å². The van der Waals surface area contributed by atoms with Gasteiger partial charge < -0.3 is 4.74 Å². The van der Waals surface area contributed by atoms with Crippen LogP contribution in [0.15, 0.2) is 29.0 Å². The minimum Gasteiger partial charge on any atom is -0.344 e. The summed E-state index contributed by atoms with van der Waals surface area (Å²) < 4.78 is 20.1. The van der Waals surface area contributed by atoms with Gasteiger partial charge in [0.2, 0.25) is 0 Å². The average molecular weight is 224 g/mol. The lowest BCUT2D eigenvalue weighted by molar-refractivity contribution is -0.000111. The van der Waals surface area contributed by atoms with E-state index < -0.39 is 17.7 Å². The Kier molecular flexibility index (Phi) is 2.87. The Bertz CT molecular complexity index is 481. The van der Waals surface area contributed by atoms with Gasteiger partial charge in [-0.25, -0.2) is 9.18 Å². The molecule has 2 heterocycles. The van der Waals surface area contributed by atoms with Crippen LogP contribution in [-0.2, 0) is 4.74 Å². The average Bonchev–Trinajstić information content (AvgIpc) is 2.60. The Hall–Kier alpha value is -1.49. The second-order valence-corrected chi connectivity index (χ2v) is 3.75. The Morgan fingerprint density at radius 3 is 2.94 bits per heavy atom. The van der Waals surface area contributed by atoms with Crippen LogP contribution in [0.5, 0.6) is 0 Å². The summed E-state index contributed by atoms with van der Waals surface area (Å²) in [5.41, 5.74) is 0.112. The van der Waals surface area contributed by atoms with Crippen LogP contribution in [0.3, 0.4) is 0 Å². The minimum absolute atomic E-state index is 0.266. The molecule has 0 spiro atoms. The van der Waals surface area contributed by atoms with Crippen LogP contribution < -0.4 is 5.69 Å². The number of aryl methyl sites for hydroxylation is 1. The molecule has 0 fully saturated rings. The van der Waals surface area contributed by atoms with Gasteiger partial charge in [-0.2, -0.15) is 4.98 Å². The summed E-state index contributed by atoms with van der Waals surface area (Å²) in [4.78, 5) is 15.3. The number of nitrogens with zero attached hydrogens (tertiary/aromatic N) is 2. The van der Waals surface area contributed by atoms with Crippen molar-refractivity contribution in [3.05, 3.63) is 40.3 Å². The van der Waals surface area contributed by atoms with Crippen molar-refractivity contribution in [3.63, 3.8) is 0 Å². The minimum atomic E-state index is -0.953. The van der Waals surface area contributed by atoms with Gasteiger partial charge in [-0.1, -0.05) is 6.92 Å². The number of hydrogen-bond acceptors (Lipinski definition) is 3. The van der Waals surface area contributed by atoms with Gasteiger partial charge >= 0.3 is 5.69 Å². The second-order valence-electron chi connectivity index (χ2n) is 3.75. The molecule has 0 bridgehead atoms. The van der Waals surface area contributed by atoms with Gasteiger partial charge in [-0.15, -0.1) is 0 Å². The summed E-state index contributed by atoms with van der Waals surface area (Å²) in [6.45, 7) is 3.61. The fourth-order valence-electron chi connectivity index (χ4n) is 1.62. The molecule has 2 atom stereocenters.